The van der Waals surface area contributed by atoms with E-state index in [9.17, 15) is 9.59 Å². The number of benzene rings is 2. The Kier molecular flexibility index (Phi) is 6.28. The first kappa shape index (κ1) is 22.0. The summed E-state index contributed by atoms with van der Waals surface area (Å²) >= 11 is 1.56. The van der Waals surface area contributed by atoms with Crippen LogP contribution in [0.4, 0.5) is 5.69 Å². The second kappa shape index (κ2) is 9.12. The number of aromatic nitrogens is 1. The molecule has 3 aromatic rings. The number of amides is 1. The first-order chi connectivity index (χ1) is 15.3. The molecule has 2 unspecified atom stereocenters. The van der Waals surface area contributed by atoms with Crippen LogP contribution in [-0.2, 0) is 14.3 Å². The molecule has 0 radical (unpaired) electrons. The molecule has 0 saturated heterocycles. The summed E-state index contributed by atoms with van der Waals surface area (Å²) in [5.41, 5.74) is 3.25. The summed E-state index contributed by atoms with van der Waals surface area (Å²) in [6.07, 6.45) is -0.683. The topological polar surface area (TPSA) is 68.7 Å². The van der Waals surface area contributed by atoms with Crippen molar-refractivity contribution in [2.75, 3.05) is 11.5 Å². The maximum absolute atomic E-state index is 13.0. The van der Waals surface area contributed by atoms with E-state index in [0.717, 1.165) is 21.8 Å². The van der Waals surface area contributed by atoms with Crippen LogP contribution in [0.25, 0.3) is 21.8 Å². The third-order valence-electron chi connectivity index (χ3n) is 5.22. The Morgan fingerprint density at radius 1 is 1.16 bits per heavy atom. The molecule has 0 spiro atoms. The molecule has 1 amide bonds. The molecule has 2 heterocycles. The third kappa shape index (κ3) is 4.39. The summed E-state index contributed by atoms with van der Waals surface area (Å²) in [7, 11) is 0. The summed E-state index contributed by atoms with van der Waals surface area (Å²) in [6.45, 7) is 7.62. The van der Waals surface area contributed by atoms with Gasteiger partial charge in [0.05, 0.1) is 18.0 Å². The molecule has 1 aliphatic heterocycles. The molecular formula is C25H26N2O4S. The lowest BCUT2D eigenvalue weighted by Crippen LogP contribution is -2.52. The maximum atomic E-state index is 13.0. The largest absolute Gasteiger partial charge is 0.479 e. The normalized spacial score (nSPS) is 16.5. The Morgan fingerprint density at radius 2 is 1.91 bits per heavy atom. The molecule has 1 aliphatic rings. The standard InChI is InChI=1S/C25H26N2O4S/c1-15(2)13-30-25(29)16(3)27-21-12-19(10-11-22(21)31-17(4)24(27)28)20-14-32-23(26-20)18-8-6-5-7-9-18/h5-12,14-17H,13H2,1-4H3. The molecular weight excluding hydrogens is 424 g/mol. The van der Waals surface area contributed by atoms with Crippen LogP contribution < -0.4 is 9.64 Å². The maximum Gasteiger partial charge on any atom is 0.328 e. The fourth-order valence-electron chi connectivity index (χ4n) is 3.51. The predicted octanol–water partition coefficient (Wildman–Crippen LogP) is 5.18. The lowest BCUT2D eigenvalue weighted by molar-refractivity contribution is -0.147. The number of carbonyl (C=O) groups excluding carboxylic acids is 2. The zero-order valence-corrected chi connectivity index (χ0v) is 19.4. The molecule has 0 saturated carbocycles. The van der Waals surface area contributed by atoms with Crippen molar-refractivity contribution in [2.24, 2.45) is 5.92 Å². The summed E-state index contributed by atoms with van der Waals surface area (Å²) < 4.78 is 11.2. The number of fused-ring (bicyclic) bond motifs is 1. The van der Waals surface area contributed by atoms with E-state index in [1.54, 1.807) is 25.2 Å². The fourth-order valence-corrected chi connectivity index (χ4v) is 4.35. The van der Waals surface area contributed by atoms with Crippen LogP contribution in [0.5, 0.6) is 5.75 Å². The zero-order chi connectivity index (χ0) is 22.8. The Balaban J connectivity index is 1.67. The van der Waals surface area contributed by atoms with E-state index in [2.05, 4.69) is 0 Å². The summed E-state index contributed by atoms with van der Waals surface area (Å²) in [4.78, 5) is 31.9. The van der Waals surface area contributed by atoms with Crippen LogP contribution in [-0.4, -0.2) is 35.6 Å². The van der Waals surface area contributed by atoms with Crippen molar-refractivity contribution in [3.63, 3.8) is 0 Å². The summed E-state index contributed by atoms with van der Waals surface area (Å²) in [6, 6.07) is 14.8. The molecule has 0 fully saturated rings. The monoisotopic (exact) mass is 450 g/mol. The van der Waals surface area contributed by atoms with E-state index >= 15 is 0 Å². The minimum atomic E-state index is -0.767. The number of nitrogens with zero attached hydrogens (tertiary/aromatic N) is 2. The molecule has 4 rings (SSSR count). The van der Waals surface area contributed by atoms with Gasteiger partial charge in [0.2, 0.25) is 0 Å². The van der Waals surface area contributed by atoms with Crippen molar-refractivity contribution in [2.45, 2.75) is 39.8 Å². The number of esters is 1. The molecule has 0 bridgehead atoms. The number of hydrogen-bond acceptors (Lipinski definition) is 6. The second-order valence-electron chi connectivity index (χ2n) is 8.25. The highest BCUT2D eigenvalue weighted by Crippen LogP contribution is 2.39. The summed E-state index contributed by atoms with van der Waals surface area (Å²) in [5, 5.41) is 2.91. The number of rotatable bonds is 6. The van der Waals surface area contributed by atoms with E-state index in [0.29, 0.717) is 18.0 Å². The zero-order valence-electron chi connectivity index (χ0n) is 18.6. The van der Waals surface area contributed by atoms with Crippen molar-refractivity contribution in [1.29, 1.82) is 0 Å². The molecule has 1 aromatic heterocycles. The second-order valence-corrected chi connectivity index (χ2v) is 9.11. The van der Waals surface area contributed by atoms with E-state index in [-0.39, 0.29) is 11.8 Å². The highest BCUT2D eigenvalue weighted by atomic mass is 32.1. The van der Waals surface area contributed by atoms with Gasteiger partial charge in [-0.05, 0) is 38.0 Å². The summed E-state index contributed by atoms with van der Waals surface area (Å²) in [5.74, 6) is 0.0696. The van der Waals surface area contributed by atoms with E-state index in [1.165, 1.54) is 4.90 Å². The molecule has 2 aromatic carbocycles. The van der Waals surface area contributed by atoms with Gasteiger partial charge in [-0.25, -0.2) is 9.78 Å². The minimum Gasteiger partial charge on any atom is -0.479 e. The molecule has 0 aliphatic carbocycles. The Hall–Kier alpha value is -3.19. The Morgan fingerprint density at radius 3 is 2.62 bits per heavy atom. The highest BCUT2D eigenvalue weighted by Gasteiger charge is 2.38. The van der Waals surface area contributed by atoms with Gasteiger partial charge < -0.3 is 9.47 Å². The number of thiazole rings is 1. The third-order valence-corrected chi connectivity index (χ3v) is 6.11. The Labute approximate surface area is 191 Å². The number of anilines is 1. The van der Waals surface area contributed by atoms with Crippen LogP contribution >= 0.6 is 11.3 Å². The first-order valence-corrected chi connectivity index (χ1v) is 11.5. The lowest BCUT2D eigenvalue weighted by Gasteiger charge is -2.36. The van der Waals surface area contributed by atoms with Crippen LogP contribution in [0, 0.1) is 5.92 Å². The van der Waals surface area contributed by atoms with Crippen molar-refractivity contribution < 1.29 is 19.1 Å². The molecule has 166 valence electrons. The van der Waals surface area contributed by atoms with Gasteiger partial charge in [-0.3, -0.25) is 9.69 Å². The number of ether oxygens (including phenoxy) is 2. The van der Waals surface area contributed by atoms with Gasteiger partial charge in [0.15, 0.2) is 6.10 Å². The average molecular weight is 451 g/mol. The smallest absolute Gasteiger partial charge is 0.328 e. The minimum absolute atomic E-state index is 0.216. The highest BCUT2D eigenvalue weighted by molar-refractivity contribution is 7.13. The number of hydrogen-bond donors (Lipinski definition) is 0. The van der Waals surface area contributed by atoms with Crippen molar-refractivity contribution in [3.05, 3.63) is 53.9 Å². The Bertz CT molecular complexity index is 1130. The molecule has 7 heteroatoms. The first-order valence-electron chi connectivity index (χ1n) is 10.7. The van der Waals surface area contributed by atoms with E-state index in [4.69, 9.17) is 14.5 Å². The van der Waals surface area contributed by atoms with Crippen LogP contribution in [0.15, 0.2) is 53.9 Å². The van der Waals surface area contributed by atoms with E-state index < -0.39 is 18.1 Å². The molecule has 2 atom stereocenters. The van der Waals surface area contributed by atoms with Gasteiger partial charge in [-0.15, -0.1) is 11.3 Å². The average Bonchev–Trinajstić information content (AvgIpc) is 3.28. The van der Waals surface area contributed by atoms with Gasteiger partial charge in [-0.1, -0.05) is 44.2 Å². The van der Waals surface area contributed by atoms with Gasteiger partial charge in [0, 0.05) is 16.5 Å². The van der Waals surface area contributed by atoms with Crippen LogP contribution in [0.3, 0.4) is 0 Å². The SMILES string of the molecule is CC(C)COC(=O)C(C)N1C(=O)C(C)Oc2ccc(-c3csc(-c4ccccc4)n3)cc21. The number of carbonyl (C=O) groups is 2. The van der Waals surface area contributed by atoms with Gasteiger partial charge in [0.1, 0.15) is 16.8 Å². The van der Waals surface area contributed by atoms with Crippen molar-refractivity contribution in [1.82, 2.24) is 4.98 Å². The van der Waals surface area contributed by atoms with Gasteiger partial charge in [-0.2, -0.15) is 0 Å². The fraction of sp³-hybridized carbons (Fsp3) is 0.320. The van der Waals surface area contributed by atoms with Crippen LogP contribution in [0.2, 0.25) is 0 Å². The van der Waals surface area contributed by atoms with Gasteiger partial charge in [0.25, 0.3) is 5.91 Å². The van der Waals surface area contributed by atoms with Crippen molar-refractivity contribution in [3.8, 4) is 27.6 Å². The molecule has 6 nitrogen and oxygen atoms in total. The molecule has 0 N–H and O–H groups in total. The quantitative estimate of drug-likeness (QED) is 0.484. The van der Waals surface area contributed by atoms with Crippen LogP contribution in [0.1, 0.15) is 27.7 Å². The van der Waals surface area contributed by atoms with Crippen molar-refractivity contribution >= 4 is 28.9 Å². The van der Waals surface area contributed by atoms with Gasteiger partial charge >= 0.3 is 5.97 Å². The lowest BCUT2D eigenvalue weighted by atomic mass is 10.1. The van der Waals surface area contributed by atoms with E-state index in [1.807, 2.05) is 67.8 Å². The predicted molar refractivity (Wildman–Crippen MR) is 126 cm³/mol. The molecule has 32 heavy (non-hydrogen) atoms.